The Morgan fingerprint density at radius 3 is 2.88 bits per heavy atom. The average Bonchev–Trinajstić information content (AvgIpc) is 2.97. The molecule has 3 heterocycles. The molecule has 6 nitrogen and oxygen atoms in total. The highest BCUT2D eigenvalue weighted by Gasteiger charge is 2.54. The summed E-state index contributed by atoms with van der Waals surface area (Å²) >= 11 is 0. The van der Waals surface area contributed by atoms with Crippen LogP contribution in [0, 0.1) is 17.8 Å². The maximum absolute atomic E-state index is 14.3. The van der Waals surface area contributed by atoms with Crippen molar-refractivity contribution in [2.24, 2.45) is 22.9 Å². The molecule has 5 aliphatic rings. The molecule has 2 aliphatic carbocycles. The number of nitrogens with zero attached hydrogens (tertiary/aromatic N) is 2. The van der Waals surface area contributed by atoms with Crippen molar-refractivity contribution in [3.05, 3.63) is 11.4 Å². The zero-order valence-corrected chi connectivity index (χ0v) is 14.3. The number of rotatable bonds is 1. The van der Waals surface area contributed by atoms with Gasteiger partial charge >= 0.3 is 0 Å². The molecule has 0 aromatic carbocycles. The first-order valence-electron chi connectivity index (χ1n) is 9.58. The largest absolute Gasteiger partial charge is 0.381 e. The van der Waals surface area contributed by atoms with Crippen molar-refractivity contribution >= 4 is 12.1 Å². The average molecular weight is 348 g/mol. The Hall–Kier alpha value is -1.47. The van der Waals surface area contributed by atoms with Crippen LogP contribution in [0.1, 0.15) is 38.5 Å². The van der Waals surface area contributed by atoms with Gasteiger partial charge in [0.05, 0.1) is 18.3 Å². The normalized spacial score (nSPS) is 41.2. The maximum atomic E-state index is 14.3. The van der Waals surface area contributed by atoms with Gasteiger partial charge < -0.3 is 10.2 Å². The molecule has 0 radical (unpaired) electrons. The van der Waals surface area contributed by atoms with Gasteiger partial charge in [0.15, 0.2) is 0 Å². The van der Waals surface area contributed by atoms with Crippen molar-refractivity contribution in [3.8, 4) is 0 Å². The van der Waals surface area contributed by atoms with E-state index >= 15 is 0 Å². The fourth-order valence-corrected chi connectivity index (χ4v) is 5.73. The molecule has 0 spiro atoms. The summed E-state index contributed by atoms with van der Waals surface area (Å²) in [5.41, 5.74) is 7.51. The minimum Gasteiger partial charge on any atom is -0.381 e. The van der Waals surface area contributed by atoms with Gasteiger partial charge in [-0.1, -0.05) is 0 Å². The number of hydrazone groups is 1. The lowest BCUT2D eigenvalue weighted by molar-refractivity contribution is -0.155. The van der Waals surface area contributed by atoms with E-state index < -0.39 is 0 Å². The summed E-state index contributed by atoms with van der Waals surface area (Å²) in [5.74, 6) is 0.561. The molecule has 7 heteroatoms. The highest BCUT2D eigenvalue weighted by atomic mass is 19.1. The van der Waals surface area contributed by atoms with Gasteiger partial charge in [-0.2, -0.15) is 5.10 Å². The van der Waals surface area contributed by atoms with Crippen LogP contribution in [-0.4, -0.2) is 48.5 Å². The monoisotopic (exact) mass is 348 g/mol. The second-order valence-electron chi connectivity index (χ2n) is 7.99. The van der Waals surface area contributed by atoms with Crippen molar-refractivity contribution < 1.29 is 13.9 Å². The predicted molar refractivity (Wildman–Crippen MR) is 90.1 cm³/mol. The van der Waals surface area contributed by atoms with Crippen LogP contribution in [0.5, 0.6) is 0 Å². The van der Waals surface area contributed by atoms with Crippen molar-refractivity contribution in [2.75, 3.05) is 13.2 Å². The Morgan fingerprint density at radius 1 is 1.20 bits per heavy atom. The van der Waals surface area contributed by atoms with Gasteiger partial charge in [0.2, 0.25) is 5.91 Å². The van der Waals surface area contributed by atoms with E-state index in [9.17, 15) is 9.18 Å². The number of carbonyl (C=O) groups excluding carboxylic acids is 1. The third kappa shape index (κ3) is 2.43. The molecular weight excluding hydrogens is 323 g/mol. The molecule has 25 heavy (non-hydrogen) atoms. The molecule has 2 saturated heterocycles. The lowest BCUT2D eigenvalue weighted by Crippen LogP contribution is -2.64. The predicted octanol–water partition coefficient (Wildman–Crippen LogP) is 1.50. The van der Waals surface area contributed by atoms with Gasteiger partial charge in [0.25, 0.3) is 0 Å². The highest BCUT2D eigenvalue weighted by Crippen LogP contribution is 2.49. The molecule has 136 valence electrons. The van der Waals surface area contributed by atoms with Crippen LogP contribution < -0.4 is 10.9 Å². The van der Waals surface area contributed by atoms with Crippen LogP contribution in [0.25, 0.3) is 0 Å². The second-order valence-corrected chi connectivity index (χ2v) is 7.99. The third-order valence-corrected chi connectivity index (χ3v) is 6.88. The first kappa shape index (κ1) is 15.8. The number of ether oxygens (including phenoxy) is 1. The van der Waals surface area contributed by atoms with Gasteiger partial charge in [-0.3, -0.25) is 9.80 Å². The molecule has 3 aliphatic heterocycles. The Kier molecular flexibility index (Phi) is 3.82. The number of nitrogens with one attached hydrogen (secondary N) is 2. The van der Waals surface area contributed by atoms with Crippen LogP contribution in [0.3, 0.4) is 0 Å². The van der Waals surface area contributed by atoms with Gasteiger partial charge in [0.1, 0.15) is 5.83 Å². The van der Waals surface area contributed by atoms with Gasteiger partial charge in [-0.15, -0.1) is 0 Å². The van der Waals surface area contributed by atoms with E-state index in [-0.39, 0.29) is 41.6 Å². The lowest BCUT2D eigenvalue weighted by Gasteiger charge is -2.46. The fourth-order valence-electron chi connectivity index (χ4n) is 5.73. The number of fused-ring (bicyclic) bond motifs is 2. The Labute approximate surface area is 146 Å². The van der Waals surface area contributed by atoms with Crippen molar-refractivity contribution in [1.82, 2.24) is 15.9 Å². The van der Waals surface area contributed by atoms with Crippen LogP contribution in [0.4, 0.5) is 4.39 Å². The van der Waals surface area contributed by atoms with Crippen LogP contribution >= 0.6 is 0 Å². The van der Waals surface area contributed by atoms with E-state index in [1.165, 1.54) is 6.21 Å². The Bertz CT molecular complexity index is 631. The number of hydrazine groups is 1. The minimum absolute atomic E-state index is 0.00528. The highest BCUT2D eigenvalue weighted by molar-refractivity contribution is 5.81. The molecule has 1 amide bonds. The molecule has 5 rings (SSSR count). The summed E-state index contributed by atoms with van der Waals surface area (Å²) in [6, 6.07) is 0.490. The molecular formula is C18H25FN4O2. The SMILES string of the molecule is O=C1C2CCC3=C(F)C=NNC3C3CCC(NN1C1CCOCC1)C23. The standard InChI is InChI=1S/C18H25FN4O2/c19-14-9-20-21-17-11(14)1-2-13-16-12(17)3-4-15(16)22-23(18(13)24)10-5-7-25-8-6-10/h9-10,12-13,15-17,21-22H,1-8H2. The summed E-state index contributed by atoms with van der Waals surface area (Å²) in [5, 5.41) is 5.93. The molecule has 0 bridgehead atoms. The number of hydrogen-bond donors (Lipinski definition) is 2. The smallest absolute Gasteiger partial charge is 0.240 e. The summed E-state index contributed by atoms with van der Waals surface area (Å²) in [4.78, 5) is 13.3. The van der Waals surface area contributed by atoms with Gasteiger partial charge in [0, 0.05) is 25.2 Å². The van der Waals surface area contributed by atoms with Crippen LogP contribution in [-0.2, 0) is 9.53 Å². The summed E-state index contributed by atoms with van der Waals surface area (Å²) in [6.07, 6.45) is 6.50. The van der Waals surface area contributed by atoms with Gasteiger partial charge in [-0.05, 0) is 55.9 Å². The zero-order valence-electron chi connectivity index (χ0n) is 14.3. The van der Waals surface area contributed by atoms with E-state index in [0.717, 1.165) is 50.9 Å². The Balaban J connectivity index is 1.45. The van der Waals surface area contributed by atoms with E-state index in [0.29, 0.717) is 12.5 Å². The van der Waals surface area contributed by atoms with E-state index in [1.807, 2.05) is 5.01 Å². The molecule has 5 atom stereocenters. The molecule has 0 aromatic rings. The number of halogens is 1. The van der Waals surface area contributed by atoms with E-state index in [2.05, 4.69) is 16.0 Å². The topological polar surface area (TPSA) is 66.0 Å². The molecule has 2 saturated carbocycles. The molecule has 2 N–H and O–H groups in total. The summed E-state index contributed by atoms with van der Waals surface area (Å²) in [7, 11) is 0. The quantitative estimate of drug-likeness (QED) is 0.754. The zero-order chi connectivity index (χ0) is 17.0. The van der Waals surface area contributed by atoms with E-state index in [4.69, 9.17) is 4.74 Å². The molecule has 4 fully saturated rings. The fraction of sp³-hybridized carbons (Fsp3) is 0.778. The first-order chi connectivity index (χ1) is 12.2. The number of hydrogen-bond acceptors (Lipinski definition) is 5. The summed E-state index contributed by atoms with van der Waals surface area (Å²) in [6.45, 7) is 1.44. The van der Waals surface area contributed by atoms with Crippen LogP contribution in [0.15, 0.2) is 16.5 Å². The number of amides is 1. The second kappa shape index (κ2) is 6.06. The van der Waals surface area contributed by atoms with Crippen molar-refractivity contribution in [3.63, 3.8) is 0 Å². The summed E-state index contributed by atoms with van der Waals surface area (Å²) < 4.78 is 19.8. The first-order valence-corrected chi connectivity index (χ1v) is 9.58. The molecule has 0 aromatic heterocycles. The molecule has 5 unspecified atom stereocenters. The maximum Gasteiger partial charge on any atom is 0.240 e. The Morgan fingerprint density at radius 2 is 2.04 bits per heavy atom. The number of allylic oxidation sites excluding steroid dienone is 1. The third-order valence-electron chi connectivity index (χ3n) is 6.88. The van der Waals surface area contributed by atoms with Crippen molar-refractivity contribution in [1.29, 1.82) is 0 Å². The van der Waals surface area contributed by atoms with E-state index in [1.54, 1.807) is 0 Å². The van der Waals surface area contributed by atoms with Gasteiger partial charge in [-0.25, -0.2) is 9.82 Å². The van der Waals surface area contributed by atoms with Crippen LogP contribution in [0.2, 0.25) is 0 Å². The minimum atomic E-state index is -0.201. The number of carbonyl (C=O) groups is 1. The van der Waals surface area contributed by atoms with Crippen molar-refractivity contribution in [2.45, 2.75) is 56.7 Å². The lowest BCUT2D eigenvalue weighted by atomic mass is 9.77.